The normalized spacial score (nSPS) is 7.25. The maximum Gasteiger partial charge on any atom is 1.00 e. The third kappa shape index (κ3) is 9.54. The van der Waals surface area contributed by atoms with Crippen LogP contribution in [0.25, 0.3) is 0 Å². The molecular formula is C3H5BFLiO2. The van der Waals surface area contributed by atoms with Gasteiger partial charge in [-0.3, -0.25) is 0 Å². The molecule has 0 aromatic heterocycles. The molecule has 0 fully saturated rings. The van der Waals surface area contributed by atoms with Gasteiger partial charge in [-0.05, 0) is 0 Å². The molecule has 0 rings (SSSR count). The molecule has 0 amide bonds. The van der Waals surface area contributed by atoms with Crippen molar-refractivity contribution in [3.05, 3.63) is 12.7 Å². The molecule has 2 nitrogen and oxygen atoms in total. The largest absolute Gasteiger partial charge is 1.00 e. The third-order valence-electron chi connectivity index (χ3n) is 0.345. The summed E-state index contributed by atoms with van der Waals surface area (Å²) in [5.41, 5.74) is 0. The van der Waals surface area contributed by atoms with Crippen molar-refractivity contribution in [1.29, 1.82) is 0 Å². The van der Waals surface area contributed by atoms with Gasteiger partial charge in [0.15, 0.2) is 0 Å². The van der Waals surface area contributed by atoms with Crippen molar-refractivity contribution in [2.45, 2.75) is 0 Å². The van der Waals surface area contributed by atoms with Gasteiger partial charge in [-0.2, -0.15) is 0 Å². The van der Waals surface area contributed by atoms with Crippen LogP contribution in [-0.2, 0) is 4.65 Å². The van der Waals surface area contributed by atoms with Crippen LogP contribution in [0.3, 0.4) is 0 Å². The maximum absolute atomic E-state index is 11.1. The van der Waals surface area contributed by atoms with E-state index in [0.29, 0.717) is 0 Å². The third-order valence-corrected chi connectivity index (χ3v) is 0.345. The smallest absolute Gasteiger partial charge is 0.828 e. The Morgan fingerprint density at radius 3 is 2.50 bits per heavy atom. The zero-order chi connectivity index (χ0) is 5.70. The molecule has 0 unspecified atom stereocenters. The van der Waals surface area contributed by atoms with Crippen molar-refractivity contribution in [1.82, 2.24) is 0 Å². The molecule has 0 aliphatic rings. The van der Waals surface area contributed by atoms with Crippen LogP contribution in [0.4, 0.5) is 4.32 Å². The number of rotatable bonds is 3. The van der Waals surface area contributed by atoms with E-state index in [-0.39, 0.29) is 25.5 Å². The van der Waals surface area contributed by atoms with Crippen LogP contribution >= 0.6 is 0 Å². The Kier molecular flexibility index (Phi) is 10.1. The first-order valence-electron chi connectivity index (χ1n) is 1.79. The van der Waals surface area contributed by atoms with E-state index < -0.39 is 7.40 Å². The van der Waals surface area contributed by atoms with E-state index in [1.54, 1.807) is 0 Å². The Balaban J connectivity index is 0. The van der Waals surface area contributed by atoms with Gasteiger partial charge in [-0.15, -0.1) is 6.58 Å². The molecule has 0 saturated heterocycles. The van der Waals surface area contributed by atoms with Crippen LogP contribution in [0.5, 0.6) is 0 Å². The van der Waals surface area contributed by atoms with Gasteiger partial charge in [-0.1, -0.05) is 6.08 Å². The van der Waals surface area contributed by atoms with Crippen molar-refractivity contribution in [2.75, 3.05) is 6.61 Å². The Labute approximate surface area is 60.1 Å². The minimum Gasteiger partial charge on any atom is -0.828 e. The second kappa shape index (κ2) is 7.25. The van der Waals surface area contributed by atoms with Crippen LogP contribution in [-0.4, -0.2) is 14.0 Å². The summed E-state index contributed by atoms with van der Waals surface area (Å²) in [5.74, 6) is 0. The van der Waals surface area contributed by atoms with Crippen molar-refractivity contribution in [2.24, 2.45) is 0 Å². The van der Waals surface area contributed by atoms with Crippen molar-refractivity contribution < 1.29 is 32.9 Å². The van der Waals surface area contributed by atoms with Gasteiger partial charge in [0.05, 0.1) is 0 Å². The van der Waals surface area contributed by atoms with E-state index in [4.69, 9.17) is 0 Å². The number of hydrogen-bond donors (Lipinski definition) is 0. The zero-order valence-corrected chi connectivity index (χ0v) is 4.76. The molecule has 0 aromatic carbocycles. The summed E-state index contributed by atoms with van der Waals surface area (Å²) in [6.45, 7) is 3.18. The van der Waals surface area contributed by atoms with E-state index in [0.717, 1.165) is 0 Å². The molecule has 5 heteroatoms. The fourth-order valence-electron chi connectivity index (χ4n) is 0.144. The van der Waals surface area contributed by atoms with Gasteiger partial charge >= 0.3 is 26.3 Å². The second-order valence-electron chi connectivity index (χ2n) is 0.896. The Morgan fingerprint density at radius 1 is 1.88 bits per heavy atom. The summed E-state index contributed by atoms with van der Waals surface area (Å²) in [5, 5.41) is 9.35. The predicted molar refractivity (Wildman–Crippen MR) is 23.0 cm³/mol. The van der Waals surface area contributed by atoms with Gasteiger partial charge in [0.25, 0.3) is 0 Å². The average Bonchev–Trinajstić information content (AvgIpc) is 1.61. The Bertz CT molecular complexity index is 61.2. The fraction of sp³-hybridized carbons (Fsp3) is 0.333. The molecule has 0 spiro atoms. The SMILES string of the molecule is C=CCOB([O-])F.[Li+]. The van der Waals surface area contributed by atoms with E-state index >= 15 is 0 Å². The molecule has 0 N–H and O–H groups in total. The van der Waals surface area contributed by atoms with Gasteiger partial charge in [0, 0.05) is 6.61 Å². The molecule has 0 atom stereocenters. The zero-order valence-electron chi connectivity index (χ0n) is 4.76. The molecule has 0 aromatic rings. The average molecular weight is 110 g/mol. The van der Waals surface area contributed by atoms with Crippen LogP contribution in [0, 0.1) is 0 Å². The second-order valence-corrected chi connectivity index (χ2v) is 0.896. The molecular weight excluding hydrogens is 105 g/mol. The molecule has 0 heterocycles. The first-order valence-corrected chi connectivity index (χ1v) is 1.79. The summed E-state index contributed by atoms with van der Waals surface area (Å²) < 4.78 is 14.9. The van der Waals surface area contributed by atoms with Crippen LogP contribution in [0.2, 0.25) is 0 Å². The number of hydrogen-bond acceptors (Lipinski definition) is 2. The van der Waals surface area contributed by atoms with Gasteiger partial charge < -0.3 is 14.0 Å². The van der Waals surface area contributed by atoms with Crippen LogP contribution in [0.15, 0.2) is 12.7 Å². The van der Waals surface area contributed by atoms with E-state index in [1.807, 2.05) is 0 Å². The van der Waals surface area contributed by atoms with E-state index in [1.165, 1.54) is 6.08 Å². The molecule has 8 heavy (non-hydrogen) atoms. The maximum atomic E-state index is 11.1. The topological polar surface area (TPSA) is 32.3 Å². The standard InChI is InChI=1S/C3H5BFO2.Li/c1-2-3-7-4(5)6;/h2H,1,3H2;/q-1;+1. The van der Waals surface area contributed by atoms with Gasteiger partial charge in [0.2, 0.25) is 0 Å². The summed E-state index contributed by atoms with van der Waals surface area (Å²) in [6, 6.07) is 0. The molecule has 40 valence electrons. The van der Waals surface area contributed by atoms with Crippen molar-refractivity contribution in [3.63, 3.8) is 0 Å². The van der Waals surface area contributed by atoms with E-state index in [9.17, 15) is 9.34 Å². The fourth-order valence-corrected chi connectivity index (χ4v) is 0.144. The van der Waals surface area contributed by atoms with Crippen LogP contribution < -0.4 is 23.9 Å². The molecule has 0 aliphatic carbocycles. The molecule has 0 saturated carbocycles. The summed E-state index contributed by atoms with van der Waals surface area (Å²) in [6.07, 6.45) is 1.31. The molecule has 0 bridgehead atoms. The summed E-state index contributed by atoms with van der Waals surface area (Å²) in [4.78, 5) is 0. The monoisotopic (exact) mass is 110 g/mol. The molecule has 0 radical (unpaired) electrons. The first kappa shape index (κ1) is 11.1. The Morgan fingerprint density at radius 2 is 2.38 bits per heavy atom. The minimum absolute atomic E-state index is 0. The molecule has 0 aliphatic heterocycles. The first-order chi connectivity index (χ1) is 3.27. The van der Waals surface area contributed by atoms with Crippen LogP contribution in [0.1, 0.15) is 0 Å². The summed E-state index contributed by atoms with van der Waals surface area (Å²) >= 11 is 0. The van der Waals surface area contributed by atoms with Gasteiger partial charge in [0.1, 0.15) is 0 Å². The summed E-state index contributed by atoms with van der Waals surface area (Å²) in [7, 11) is -2.42. The van der Waals surface area contributed by atoms with Crippen molar-refractivity contribution in [3.8, 4) is 0 Å². The Hall–Kier alpha value is 0.252. The number of halogens is 1. The van der Waals surface area contributed by atoms with Gasteiger partial charge in [-0.25, -0.2) is 0 Å². The minimum atomic E-state index is -2.42. The predicted octanol–water partition coefficient (Wildman–Crippen LogP) is -3.49. The quantitative estimate of drug-likeness (QED) is 0.279. The van der Waals surface area contributed by atoms with Crippen molar-refractivity contribution >= 4 is 7.40 Å². The van der Waals surface area contributed by atoms with E-state index in [2.05, 4.69) is 11.2 Å².